The van der Waals surface area contributed by atoms with E-state index in [4.69, 9.17) is 11.2 Å². The molecule has 0 radical (unpaired) electrons. The molecule has 0 aromatic carbocycles. The summed E-state index contributed by atoms with van der Waals surface area (Å²) < 4.78 is 5.52. The van der Waals surface area contributed by atoms with Crippen LogP contribution in [0.1, 0.15) is 52.4 Å². The molecule has 0 bridgehead atoms. The third-order valence-electron chi connectivity index (χ3n) is 2.52. The summed E-state index contributed by atoms with van der Waals surface area (Å²) in [6.45, 7) is 7.17. The number of hydrogen-bond donors (Lipinski definition) is 1. The Balaban J connectivity index is 3.59. The molecule has 2 heteroatoms. The molecular weight excluding hydrogens is 198 g/mol. The van der Waals surface area contributed by atoms with Gasteiger partial charge < -0.3 is 10.1 Å². The van der Waals surface area contributed by atoms with Crippen molar-refractivity contribution in [3.05, 3.63) is 0 Å². The van der Waals surface area contributed by atoms with Crippen molar-refractivity contribution in [2.75, 3.05) is 19.8 Å². The largest absolute Gasteiger partial charge is 0.381 e. The quantitative estimate of drug-likeness (QED) is 0.431. The molecule has 0 spiro atoms. The second-order valence-corrected chi connectivity index (χ2v) is 4.15. The van der Waals surface area contributed by atoms with Crippen LogP contribution in [0.25, 0.3) is 0 Å². The summed E-state index contributed by atoms with van der Waals surface area (Å²) in [5.74, 6) is 2.70. The average molecular weight is 225 g/mol. The molecule has 0 rings (SSSR count). The van der Waals surface area contributed by atoms with Gasteiger partial charge in [-0.3, -0.25) is 0 Å². The molecule has 0 fully saturated rings. The molecule has 16 heavy (non-hydrogen) atoms. The zero-order chi connectivity index (χ0) is 12.1. The Labute approximate surface area is 101 Å². The Morgan fingerprint density at radius 1 is 1.19 bits per heavy atom. The maximum Gasteiger partial charge on any atom is 0.0480 e. The van der Waals surface area contributed by atoms with Gasteiger partial charge in [0.2, 0.25) is 0 Å². The fourth-order valence-corrected chi connectivity index (χ4v) is 1.62. The summed E-state index contributed by atoms with van der Waals surface area (Å²) in [6.07, 6.45) is 11.8. The van der Waals surface area contributed by atoms with Crippen molar-refractivity contribution in [3.8, 4) is 12.3 Å². The smallest absolute Gasteiger partial charge is 0.0480 e. The maximum atomic E-state index is 5.52. The molecule has 1 N–H and O–H groups in total. The van der Waals surface area contributed by atoms with Crippen LogP contribution >= 0.6 is 0 Å². The lowest BCUT2D eigenvalue weighted by Gasteiger charge is -2.18. The molecule has 0 saturated carbocycles. The van der Waals surface area contributed by atoms with Gasteiger partial charge in [-0.25, -0.2) is 0 Å². The van der Waals surface area contributed by atoms with Crippen LogP contribution in [0.2, 0.25) is 0 Å². The van der Waals surface area contributed by atoms with Gasteiger partial charge in [-0.1, -0.05) is 13.8 Å². The van der Waals surface area contributed by atoms with E-state index in [0.29, 0.717) is 6.04 Å². The Morgan fingerprint density at radius 2 is 2.00 bits per heavy atom. The third kappa shape index (κ3) is 10.0. The summed E-state index contributed by atoms with van der Waals surface area (Å²) in [7, 11) is 0. The minimum absolute atomic E-state index is 0.574. The standard InChI is InChI=1S/C14H27NO/c1-4-7-8-9-14(15-11-5-2)10-13-16-12-6-3/h1,14-15H,5-13H2,2-3H3. The lowest BCUT2D eigenvalue weighted by atomic mass is 10.1. The van der Waals surface area contributed by atoms with Crippen LogP contribution in [0.3, 0.4) is 0 Å². The maximum absolute atomic E-state index is 5.52. The molecule has 0 aromatic heterocycles. The van der Waals surface area contributed by atoms with Gasteiger partial charge >= 0.3 is 0 Å². The molecule has 0 heterocycles. The monoisotopic (exact) mass is 225 g/mol. The van der Waals surface area contributed by atoms with Crippen LogP contribution in [-0.4, -0.2) is 25.8 Å². The van der Waals surface area contributed by atoms with Crippen molar-refractivity contribution in [2.24, 2.45) is 0 Å². The Morgan fingerprint density at radius 3 is 2.62 bits per heavy atom. The van der Waals surface area contributed by atoms with E-state index in [9.17, 15) is 0 Å². The van der Waals surface area contributed by atoms with Gasteiger partial charge in [0.15, 0.2) is 0 Å². The number of terminal acetylenes is 1. The first kappa shape index (κ1) is 15.5. The molecular formula is C14H27NO. The Kier molecular flexibility index (Phi) is 12.1. The van der Waals surface area contributed by atoms with Crippen LogP contribution < -0.4 is 5.32 Å². The zero-order valence-electron chi connectivity index (χ0n) is 10.9. The third-order valence-corrected chi connectivity index (χ3v) is 2.52. The van der Waals surface area contributed by atoms with Gasteiger partial charge in [-0.05, 0) is 38.6 Å². The normalized spacial score (nSPS) is 12.3. The first-order chi connectivity index (χ1) is 7.85. The highest BCUT2D eigenvalue weighted by Gasteiger charge is 2.06. The van der Waals surface area contributed by atoms with E-state index in [1.165, 1.54) is 12.8 Å². The number of unbranched alkanes of at least 4 members (excludes halogenated alkanes) is 1. The topological polar surface area (TPSA) is 21.3 Å². The second-order valence-electron chi connectivity index (χ2n) is 4.15. The van der Waals surface area contributed by atoms with E-state index in [0.717, 1.165) is 45.4 Å². The summed E-state index contributed by atoms with van der Waals surface area (Å²) in [6, 6.07) is 0.574. The van der Waals surface area contributed by atoms with Crippen molar-refractivity contribution in [1.82, 2.24) is 5.32 Å². The highest BCUT2D eigenvalue weighted by Crippen LogP contribution is 2.05. The van der Waals surface area contributed by atoms with Crippen LogP contribution in [0, 0.1) is 12.3 Å². The lowest BCUT2D eigenvalue weighted by molar-refractivity contribution is 0.123. The molecule has 0 aliphatic heterocycles. The van der Waals surface area contributed by atoms with Gasteiger partial charge in [-0.2, -0.15) is 0 Å². The van der Waals surface area contributed by atoms with E-state index in [-0.39, 0.29) is 0 Å². The SMILES string of the molecule is C#CCCCC(CCOCCC)NCCC. The van der Waals surface area contributed by atoms with E-state index < -0.39 is 0 Å². The van der Waals surface area contributed by atoms with Crippen LogP contribution in [-0.2, 0) is 4.74 Å². The van der Waals surface area contributed by atoms with Gasteiger partial charge in [-0.15, -0.1) is 12.3 Å². The first-order valence-corrected chi connectivity index (χ1v) is 6.59. The molecule has 0 amide bonds. The zero-order valence-corrected chi connectivity index (χ0v) is 10.9. The minimum atomic E-state index is 0.574. The molecule has 94 valence electrons. The van der Waals surface area contributed by atoms with Crippen molar-refractivity contribution in [2.45, 2.75) is 58.4 Å². The second kappa shape index (κ2) is 12.5. The molecule has 1 unspecified atom stereocenters. The fraction of sp³-hybridized carbons (Fsp3) is 0.857. The highest BCUT2D eigenvalue weighted by atomic mass is 16.5. The molecule has 0 aliphatic rings. The van der Waals surface area contributed by atoms with Gasteiger partial charge in [0.1, 0.15) is 0 Å². The summed E-state index contributed by atoms with van der Waals surface area (Å²) in [5, 5.41) is 3.56. The van der Waals surface area contributed by atoms with Crippen LogP contribution in [0.15, 0.2) is 0 Å². The van der Waals surface area contributed by atoms with E-state index in [1.807, 2.05) is 0 Å². The summed E-state index contributed by atoms with van der Waals surface area (Å²) >= 11 is 0. The van der Waals surface area contributed by atoms with E-state index in [2.05, 4.69) is 25.1 Å². The summed E-state index contributed by atoms with van der Waals surface area (Å²) in [4.78, 5) is 0. The van der Waals surface area contributed by atoms with E-state index in [1.54, 1.807) is 0 Å². The average Bonchev–Trinajstić information content (AvgIpc) is 2.31. The van der Waals surface area contributed by atoms with Crippen LogP contribution in [0.5, 0.6) is 0 Å². The van der Waals surface area contributed by atoms with Crippen LogP contribution in [0.4, 0.5) is 0 Å². The first-order valence-electron chi connectivity index (χ1n) is 6.59. The van der Waals surface area contributed by atoms with Gasteiger partial charge in [0, 0.05) is 25.7 Å². The lowest BCUT2D eigenvalue weighted by Crippen LogP contribution is -2.31. The Bertz CT molecular complexity index is 174. The highest BCUT2D eigenvalue weighted by molar-refractivity contribution is 4.83. The van der Waals surface area contributed by atoms with Crippen molar-refractivity contribution in [1.29, 1.82) is 0 Å². The predicted octanol–water partition coefficient (Wildman–Crippen LogP) is 2.97. The molecule has 0 aromatic rings. The number of rotatable bonds is 11. The minimum Gasteiger partial charge on any atom is -0.381 e. The number of ether oxygens (including phenoxy) is 1. The van der Waals surface area contributed by atoms with E-state index >= 15 is 0 Å². The number of hydrogen-bond acceptors (Lipinski definition) is 2. The summed E-state index contributed by atoms with van der Waals surface area (Å²) in [5.41, 5.74) is 0. The van der Waals surface area contributed by atoms with Crippen molar-refractivity contribution >= 4 is 0 Å². The molecule has 0 saturated heterocycles. The molecule has 1 atom stereocenters. The molecule has 2 nitrogen and oxygen atoms in total. The number of nitrogens with one attached hydrogen (secondary N) is 1. The van der Waals surface area contributed by atoms with Gasteiger partial charge in [0.25, 0.3) is 0 Å². The molecule has 0 aliphatic carbocycles. The predicted molar refractivity (Wildman–Crippen MR) is 70.5 cm³/mol. The van der Waals surface area contributed by atoms with Crippen molar-refractivity contribution in [3.63, 3.8) is 0 Å². The van der Waals surface area contributed by atoms with Gasteiger partial charge in [0.05, 0.1) is 0 Å². The fourth-order valence-electron chi connectivity index (χ4n) is 1.62. The van der Waals surface area contributed by atoms with Crippen molar-refractivity contribution < 1.29 is 4.74 Å². The Hall–Kier alpha value is -0.520.